The minimum Gasteiger partial charge on any atom is -0.356 e. The lowest BCUT2D eigenvalue weighted by Crippen LogP contribution is -2.45. The van der Waals surface area contributed by atoms with E-state index >= 15 is 0 Å². The molecule has 0 radical (unpaired) electrons. The van der Waals surface area contributed by atoms with Crippen LogP contribution in [0.2, 0.25) is 0 Å². The van der Waals surface area contributed by atoms with Crippen LogP contribution in [0.1, 0.15) is 12.8 Å². The monoisotopic (exact) mass is 345 g/mol. The molecule has 0 aliphatic carbocycles. The fraction of sp³-hybridized carbons (Fsp3) is 0.471. The van der Waals surface area contributed by atoms with Crippen molar-refractivity contribution in [1.29, 1.82) is 0 Å². The van der Waals surface area contributed by atoms with Gasteiger partial charge in [-0.15, -0.1) is 0 Å². The molecule has 3 heterocycles. The highest BCUT2D eigenvalue weighted by Gasteiger charge is 2.25. The Morgan fingerprint density at radius 2 is 2.32 bits per heavy atom. The lowest BCUT2D eigenvalue weighted by atomic mass is 10.3. The van der Waals surface area contributed by atoms with Crippen molar-refractivity contribution in [2.45, 2.75) is 25.4 Å². The van der Waals surface area contributed by atoms with E-state index < -0.39 is 0 Å². The number of aliphatic imine (C=N–C) groups is 1. The Kier molecular flexibility index (Phi) is 5.81. The van der Waals surface area contributed by atoms with Crippen LogP contribution >= 0.6 is 0 Å². The molecule has 0 bridgehead atoms. The summed E-state index contributed by atoms with van der Waals surface area (Å²) in [5.41, 5.74) is 0. The lowest BCUT2D eigenvalue weighted by Gasteiger charge is -2.20. The van der Waals surface area contributed by atoms with Gasteiger partial charge in [-0.2, -0.15) is 5.10 Å². The molecule has 0 aromatic carbocycles. The molecule has 1 atom stereocenters. The van der Waals surface area contributed by atoms with E-state index in [1.807, 2.05) is 21.8 Å². The molecule has 3 rings (SSSR count). The van der Waals surface area contributed by atoms with Gasteiger partial charge in [0.05, 0.1) is 0 Å². The maximum atomic E-state index is 13.9. The Morgan fingerprint density at radius 3 is 3.08 bits per heavy atom. The molecule has 2 N–H and O–H groups in total. The Balaban J connectivity index is 1.42. The normalized spacial score (nSPS) is 17.8. The zero-order valence-electron chi connectivity index (χ0n) is 14.4. The van der Waals surface area contributed by atoms with Crippen LogP contribution in [0.4, 0.5) is 10.2 Å². The van der Waals surface area contributed by atoms with Crippen LogP contribution < -0.4 is 15.5 Å². The number of rotatable bonds is 6. The van der Waals surface area contributed by atoms with Crippen LogP contribution in [-0.2, 0) is 6.54 Å². The second-order valence-corrected chi connectivity index (χ2v) is 6.01. The Morgan fingerprint density at radius 1 is 1.40 bits per heavy atom. The molecule has 1 aliphatic heterocycles. The molecule has 0 amide bonds. The minimum absolute atomic E-state index is 0.221. The van der Waals surface area contributed by atoms with Crippen LogP contribution in [0, 0.1) is 5.82 Å². The van der Waals surface area contributed by atoms with Gasteiger partial charge in [-0.3, -0.25) is 9.67 Å². The van der Waals surface area contributed by atoms with E-state index in [-0.39, 0.29) is 11.9 Å². The summed E-state index contributed by atoms with van der Waals surface area (Å²) in [7, 11) is 1.76. The van der Waals surface area contributed by atoms with Gasteiger partial charge in [-0.05, 0) is 31.0 Å². The zero-order valence-corrected chi connectivity index (χ0v) is 14.4. The third kappa shape index (κ3) is 4.68. The van der Waals surface area contributed by atoms with Crippen LogP contribution in [0.15, 0.2) is 41.8 Å². The molecule has 2 aromatic rings. The van der Waals surface area contributed by atoms with E-state index in [0.29, 0.717) is 12.4 Å². The number of guanidine groups is 1. The number of nitrogens with one attached hydrogen (secondary N) is 2. The Bertz CT molecular complexity index is 686. The Labute approximate surface area is 147 Å². The van der Waals surface area contributed by atoms with Gasteiger partial charge in [0.2, 0.25) is 0 Å². The fourth-order valence-electron chi connectivity index (χ4n) is 2.95. The van der Waals surface area contributed by atoms with Gasteiger partial charge in [-0.25, -0.2) is 9.37 Å². The van der Waals surface area contributed by atoms with E-state index in [0.717, 1.165) is 38.4 Å². The highest BCUT2D eigenvalue weighted by molar-refractivity contribution is 5.80. The van der Waals surface area contributed by atoms with Crippen LogP contribution in [0.25, 0.3) is 0 Å². The predicted molar refractivity (Wildman–Crippen MR) is 96.2 cm³/mol. The first-order chi connectivity index (χ1) is 12.3. The van der Waals surface area contributed by atoms with Crippen LogP contribution in [0.5, 0.6) is 0 Å². The maximum absolute atomic E-state index is 13.9. The molecule has 8 heteroatoms. The number of pyridine rings is 1. The van der Waals surface area contributed by atoms with E-state index in [1.54, 1.807) is 25.5 Å². The van der Waals surface area contributed by atoms with Crippen LogP contribution in [0.3, 0.4) is 0 Å². The van der Waals surface area contributed by atoms with Crippen molar-refractivity contribution in [3.63, 3.8) is 0 Å². The smallest absolute Gasteiger partial charge is 0.191 e. The molecule has 25 heavy (non-hydrogen) atoms. The molecule has 0 spiro atoms. The van der Waals surface area contributed by atoms with Gasteiger partial charge in [0.1, 0.15) is 0 Å². The van der Waals surface area contributed by atoms with Gasteiger partial charge in [0.25, 0.3) is 0 Å². The Hall–Kier alpha value is -2.64. The lowest BCUT2D eigenvalue weighted by molar-refractivity contribution is 0.565. The summed E-state index contributed by atoms with van der Waals surface area (Å²) in [6.45, 7) is 3.17. The average Bonchev–Trinajstić information content (AvgIpc) is 3.30. The number of hydrogen-bond acceptors (Lipinski definition) is 4. The van der Waals surface area contributed by atoms with Crippen molar-refractivity contribution in [2.24, 2.45) is 4.99 Å². The SMILES string of the molecule is CN=C(NCCCn1cccn1)NC1CCN(c2ncccc2F)C1. The molecule has 7 nitrogen and oxygen atoms in total. The summed E-state index contributed by atoms with van der Waals surface area (Å²) in [5.74, 6) is 0.923. The van der Waals surface area contributed by atoms with Gasteiger partial charge < -0.3 is 15.5 Å². The third-order valence-corrected chi connectivity index (χ3v) is 4.21. The molecule has 2 aromatic heterocycles. The number of hydrogen-bond donors (Lipinski definition) is 2. The molecule has 0 saturated carbocycles. The van der Waals surface area contributed by atoms with Crippen molar-refractivity contribution in [1.82, 2.24) is 25.4 Å². The summed E-state index contributed by atoms with van der Waals surface area (Å²) < 4.78 is 15.8. The number of anilines is 1. The first-order valence-electron chi connectivity index (χ1n) is 8.56. The molecule has 1 unspecified atom stereocenters. The predicted octanol–water partition coefficient (Wildman–Crippen LogP) is 1.25. The average molecular weight is 345 g/mol. The van der Waals surface area contributed by atoms with E-state index in [2.05, 4.69) is 25.7 Å². The first kappa shape index (κ1) is 17.2. The molecular weight excluding hydrogens is 321 g/mol. The topological polar surface area (TPSA) is 70.4 Å². The second-order valence-electron chi connectivity index (χ2n) is 6.01. The van der Waals surface area contributed by atoms with Crippen molar-refractivity contribution in [2.75, 3.05) is 31.6 Å². The molecule has 1 saturated heterocycles. The number of halogens is 1. The van der Waals surface area contributed by atoms with Gasteiger partial charge in [0, 0.05) is 57.9 Å². The van der Waals surface area contributed by atoms with Crippen molar-refractivity contribution >= 4 is 11.8 Å². The van der Waals surface area contributed by atoms with E-state index in [9.17, 15) is 4.39 Å². The summed E-state index contributed by atoms with van der Waals surface area (Å²) >= 11 is 0. The summed E-state index contributed by atoms with van der Waals surface area (Å²) in [5, 5.41) is 10.9. The molecule has 134 valence electrons. The van der Waals surface area contributed by atoms with E-state index in [1.165, 1.54) is 6.07 Å². The number of nitrogens with zero attached hydrogens (tertiary/aromatic N) is 5. The molecular formula is C17H24FN7. The van der Waals surface area contributed by atoms with Gasteiger partial charge >= 0.3 is 0 Å². The molecule has 1 fully saturated rings. The summed E-state index contributed by atoms with van der Waals surface area (Å²) in [6, 6.07) is 5.20. The summed E-state index contributed by atoms with van der Waals surface area (Å²) in [4.78, 5) is 10.4. The third-order valence-electron chi connectivity index (χ3n) is 4.21. The fourth-order valence-corrected chi connectivity index (χ4v) is 2.95. The molecule has 1 aliphatic rings. The van der Waals surface area contributed by atoms with Gasteiger partial charge in [-0.1, -0.05) is 0 Å². The largest absolute Gasteiger partial charge is 0.356 e. The second kappa shape index (κ2) is 8.46. The van der Waals surface area contributed by atoms with Crippen LogP contribution in [-0.4, -0.2) is 53.4 Å². The van der Waals surface area contributed by atoms with Crippen molar-refractivity contribution in [3.05, 3.63) is 42.6 Å². The van der Waals surface area contributed by atoms with Crippen molar-refractivity contribution in [3.8, 4) is 0 Å². The van der Waals surface area contributed by atoms with E-state index in [4.69, 9.17) is 0 Å². The number of aryl methyl sites for hydroxylation is 1. The minimum atomic E-state index is -0.274. The highest BCUT2D eigenvalue weighted by Crippen LogP contribution is 2.20. The quantitative estimate of drug-likeness (QED) is 0.468. The number of aromatic nitrogens is 3. The standard InChI is InChI=1S/C17H24FN7/c1-19-17(21-8-3-10-25-11-4-9-22-25)23-14-6-12-24(13-14)16-15(18)5-2-7-20-16/h2,4-5,7,9,11,14H,3,6,8,10,12-13H2,1H3,(H2,19,21,23). The van der Waals surface area contributed by atoms with Gasteiger partial charge in [0.15, 0.2) is 17.6 Å². The van der Waals surface area contributed by atoms with Crippen molar-refractivity contribution < 1.29 is 4.39 Å². The zero-order chi connectivity index (χ0) is 17.5. The first-order valence-corrected chi connectivity index (χ1v) is 8.56. The summed E-state index contributed by atoms with van der Waals surface area (Å²) in [6.07, 6.45) is 7.24. The highest BCUT2D eigenvalue weighted by atomic mass is 19.1. The maximum Gasteiger partial charge on any atom is 0.191 e.